The molecule has 2 aromatic carbocycles. The maximum Gasteiger partial charge on any atom is 0.162 e. The van der Waals surface area contributed by atoms with Crippen molar-refractivity contribution in [2.75, 3.05) is 5.32 Å². The van der Waals surface area contributed by atoms with Crippen LogP contribution >= 0.6 is 11.8 Å². The SMILES string of the molecule is CC1SC(Nc2ccccc2)=NC1c1ccccc1. The molecule has 0 aliphatic carbocycles. The molecule has 3 heteroatoms. The second kappa shape index (κ2) is 5.49. The predicted octanol–water partition coefficient (Wildman–Crippen LogP) is 4.33. The highest BCUT2D eigenvalue weighted by atomic mass is 32.2. The molecule has 1 heterocycles. The first-order valence-corrected chi connectivity index (χ1v) is 7.32. The number of para-hydroxylation sites is 1. The second-order valence-corrected chi connectivity index (χ2v) is 5.97. The number of amidine groups is 1. The van der Waals surface area contributed by atoms with Crippen molar-refractivity contribution in [2.24, 2.45) is 4.99 Å². The van der Waals surface area contributed by atoms with Gasteiger partial charge in [0.1, 0.15) is 0 Å². The van der Waals surface area contributed by atoms with E-state index in [1.54, 1.807) is 11.8 Å². The summed E-state index contributed by atoms with van der Waals surface area (Å²) in [6.45, 7) is 2.23. The molecule has 0 saturated carbocycles. The number of rotatable bonds is 2. The van der Waals surface area contributed by atoms with Crippen LogP contribution in [0.3, 0.4) is 0 Å². The third kappa shape index (κ3) is 2.82. The quantitative estimate of drug-likeness (QED) is 0.876. The summed E-state index contributed by atoms with van der Waals surface area (Å²) in [6.07, 6.45) is 0. The summed E-state index contributed by atoms with van der Waals surface area (Å²) in [5.41, 5.74) is 2.38. The zero-order valence-electron chi connectivity index (χ0n) is 10.8. The van der Waals surface area contributed by atoms with E-state index in [0.717, 1.165) is 10.9 Å². The van der Waals surface area contributed by atoms with Gasteiger partial charge in [-0.15, -0.1) is 0 Å². The van der Waals surface area contributed by atoms with Gasteiger partial charge in [0.25, 0.3) is 0 Å². The number of aliphatic imine (C=N–C) groups is 1. The van der Waals surface area contributed by atoms with Crippen LogP contribution in [-0.2, 0) is 0 Å². The normalized spacial score (nSPS) is 22.1. The summed E-state index contributed by atoms with van der Waals surface area (Å²) in [7, 11) is 0. The Morgan fingerprint density at radius 2 is 1.58 bits per heavy atom. The van der Waals surface area contributed by atoms with Gasteiger partial charge in [0.2, 0.25) is 0 Å². The van der Waals surface area contributed by atoms with E-state index in [0.29, 0.717) is 5.25 Å². The van der Waals surface area contributed by atoms with Crippen molar-refractivity contribution in [1.82, 2.24) is 0 Å². The fourth-order valence-corrected chi connectivity index (χ4v) is 3.25. The summed E-state index contributed by atoms with van der Waals surface area (Å²) in [5, 5.41) is 4.86. The van der Waals surface area contributed by atoms with Crippen LogP contribution in [0.1, 0.15) is 18.5 Å². The van der Waals surface area contributed by atoms with Crippen LogP contribution in [0.4, 0.5) is 5.69 Å². The molecular formula is C16H16N2S. The topological polar surface area (TPSA) is 24.4 Å². The number of hydrogen-bond donors (Lipinski definition) is 1. The average molecular weight is 268 g/mol. The van der Waals surface area contributed by atoms with Crippen molar-refractivity contribution in [3.8, 4) is 0 Å². The van der Waals surface area contributed by atoms with E-state index in [2.05, 4.69) is 48.6 Å². The number of benzene rings is 2. The van der Waals surface area contributed by atoms with E-state index in [1.807, 2.05) is 24.3 Å². The zero-order chi connectivity index (χ0) is 13.1. The van der Waals surface area contributed by atoms with Crippen molar-refractivity contribution < 1.29 is 0 Å². The fraction of sp³-hybridized carbons (Fsp3) is 0.188. The van der Waals surface area contributed by atoms with Crippen molar-refractivity contribution in [1.29, 1.82) is 0 Å². The lowest BCUT2D eigenvalue weighted by atomic mass is 10.1. The van der Waals surface area contributed by atoms with Crippen LogP contribution in [0.5, 0.6) is 0 Å². The minimum Gasteiger partial charge on any atom is -0.335 e. The first-order chi connectivity index (χ1) is 9.33. The maximum atomic E-state index is 4.80. The standard InChI is InChI=1S/C16H16N2S/c1-12-15(13-8-4-2-5-9-13)18-16(19-12)17-14-10-6-3-7-11-14/h2-12,15H,1H3,(H,17,18). The van der Waals surface area contributed by atoms with Crippen LogP contribution in [0.2, 0.25) is 0 Å². The average Bonchev–Trinajstić information content (AvgIpc) is 2.82. The van der Waals surface area contributed by atoms with E-state index in [-0.39, 0.29) is 6.04 Å². The van der Waals surface area contributed by atoms with Gasteiger partial charge in [0.05, 0.1) is 6.04 Å². The number of hydrogen-bond acceptors (Lipinski definition) is 3. The molecule has 0 aromatic heterocycles. The summed E-state index contributed by atoms with van der Waals surface area (Å²) in [6, 6.07) is 20.9. The predicted molar refractivity (Wildman–Crippen MR) is 83.7 cm³/mol. The fourth-order valence-electron chi connectivity index (χ4n) is 2.20. The van der Waals surface area contributed by atoms with Crippen molar-refractivity contribution in [2.45, 2.75) is 18.2 Å². The monoisotopic (exact) mass is 268 g/mol. The Hall–Kier alpha value is -1.74. The van der Waals surface area contributed by atoms with Gasteiger partial charge in [-0.1, -0.05) is 67.2 Å². The molecular weight excluding hydrogens is 252 g/mol. The minimum atomic E-state index is 0.248. The van der Waals surface area contributed by atoms with E-state index >= 15 is 0 Å². The summed E-state index contributed by atoms with van der Waals surface area (Å²) < 4.78 is 0. The van der Waals surface area contributed by atoms with Crippen LogP contribution in [0, 0.1) is 0 Å². The van der Waals surface area contributed by atoms with Crippen LogP contribution < -0.4 is 5.32 Å². The van der Waals surface area contributed by atoms with Gasteiger partial charge in [-0.25, -0.2) is 0 Å². The van der Waals surface area contributed by atoms with E-state index in [9.17, 15) is 0 Å². The van der Waals surface area contributed by atoms with Gasteiger partial charge in [-0.05, 0) is 17.7 Å². The minimum absolute atomic E-state index is 0.248. The molecule has 1 N–H and O–H groups in total. The smallest absolute Gasteiger partial charge is 0.162 e. The molecule has 96 valence electrons. The third-order valence-electron chi connectivity index (χ3n) is 3.16. The molecule has 1 aliphatic rings. The number of nitrogens with zero attached hydrogens (tertiary/aromatic N) is 1. The molecule has 2 atom stereocenters. The van der Waals surface area contributed by atoms with Gasteiger partial charge >= 0.3 is 0 Å². The lowest BCUT2D eigenvalue weighted by molar-refractivity contribution is 0.734. The summed E-state index contributed by atoms with van der Waals surface area (Å²) >= 11 is 1.80. The van der Waals surface area contributed by atoms with Crippen LogP contribution in [-0.4, -0.2) is 10.4 Å². The lowest BCUT2D eigenvalue weighted by Crippen LogP contribution is -2.06. The highest BCUT2D eigenvalue weighted by Crippen LogP contribution is 2.37. The molecule has 3 rings (SSSR count). The Kier molecular flexibility index (Phi) is 3.56. The van der Waals surface area contributed by atoms with Gasteiger partial charge in [0, 0.05) is 10.9 Å². The number of thioether (sulfide) groups is 1. The molecule has 2 nitrogen and oxygen atoms in total. The molecule has 0 radical (unpaired) electrons. The second-order valence-electron chi connectivity index (χ2n) is 4.60. The van der Waals surface area contributed by atoms with Crippen molar-refractivity contribution in [3.63, 3.8) is 0 Å². The molecule has 19 heavy (non-hydrogen) atoms. The van der Waals surface area contributed by atoms with Crippen molar-refractivity contribution in [3.05, 3.63) is 66.2 Å². The summed E-state index contributed by atoms with van der Waals surface area (Å²) in [5.74, 6) is 0. The Labute approximate surface area is 118 Å². The van der Waals surface area contributed by atoms with Crippen molar-refractivity contribution >= 4 is 22.6 Å². The zero-order valence-corrected chi connectivity index (χ0v) is 11.6. The molecule has 2 aromatic rings. The molecule has 0 saturated heterocycles. The summed E-state index contributed by atoms with van der Waals surface area (Å²) in [4.78, 5) is 4.80. The van der Waals surface area contributed by atoms with E-state index in [1.165, 1.54) is 5.56 Å². The largest absolute Gasteiger partial charge is 0.335 e. The number of anilines is 1. The highest BCUT2D eigenvalue weighted by Gasteiger charge is 2.27. The lowest BCUT2D eigenvalue weighted by Gasteiger charge is -2.11. The van der Waals surface area contributed by atoms with E-state index in [4.69, 9.17) is 4.99 Å². The van der Waals surface area contributed by atoms with Gasteiger partial charge in [-0.2, -0.15) is 0 Å². The Bertz CT molecular complexity index is 566. The van der Waals surface area contributed by atoms with Gasteiger partial charge in [0.15, 0.2) is 5.17 Å². The maximum absolute atomic E-state index is 4.80. The molecule has 2 unspecified atom stereocenters. The van der Waals surface area contributed by atoms with Crippen LogP contribution in [0.25, 0.3) is 0 Å². The van der Waals surface area contributed by atoms with Crippen LogP contribution in [0.15, 0.2) is 65.7 Å². The Balaban J connectivity index is 1.78. The first-order valence-electron chi connectivity index (χ1n) is 6.44. The Morgan fingerprint density at radius 1 is 0.947 bits per heavy atom. The first kappa shape index (κ1) is 12.3. The van der Waals surface area contributed by atoms with Gasteiger partial charge < -0.3 is 5.32 Å². The highest BCUT2D eigenvalue weighted by molar-refractivity contribution is 8.15. The molecule has 0 bridgehead atoms. The molecule has 0 fully saturated rings. The van der Waals surface area contributed by atoms with E-state index < -0.39 is 0 Å². The number of nitrogens with one attached hydrogen (secondary N) is 1. The molecule has 1 aliphatic heterocycles. The van der Waals surface area contributed by atoms with Gasteiger partial charge in [-0.3, -0.25) is 4.99 Å². The Morgan fingerprint density at radius 3 is 2.26 bits per heavy atom. The molecule has 0 amide bonds. The third-order valence-corrected chi connectivity index (χ3v) is 4.22. The molecule has 0 spiro atoms.